The normalized spacial score (nSPS) is 14.2. The van der Waals surface area contributed by atoms with E-state index >= 15 is 0 Å². The minimum atomic E-state index is -0.219. The van der Waals surface area contributed by atoms with Crippen molar-refractivity contribution >= 4 is 17.1 Å². The topological polar surface area (TPSA) is 62.5 Å². The van der Waals surface area contributed by atoms with E-state index in [0.29, 0.717) is 13.1 Å². The fourth-order valence-corrected chi connectivity index (χ4v) is 6.41. The summed E-state index contributed by atoms with van der Waals surface area (Å²) >= 11 is 0. The number of urea groups is 1. The van der Waals surface area contributed by atoms with Gasteiger partial charge in [-0.2, -0.15) is 0 Å². The Morgan fingerprint density at radius 3 is 1.93 bits per heavy atom. The summed E-state index contributed by atoms with van der Waals surface area (Å²) in [5.41, 5.74) is 4.19. The quantitative estimate of drug-likeness (QED) is 0.214. The molecule has 3 aromatic carbocycles. The van der Waals surface area contributed by atoms with Gasteiger partial charge in [-0.1, -0.05) is 86.6 Å². The summed E-state index contributed by atoms with van der Waals surface area (Å²) in [6.07, 6.45) is 4.76. The molecule has 0 saturated carbocycles. The third-order valence-electron chi connectivity index (χ3n) is 8.46. The number of piperidine rings is 1. The minimum absolute atomic E-state index is 0.0651. The lowest BCUT2D eigenvalue weighted by Crippen LogP contribution is -2.46. The van der Waals surface area contributed by atoms with Crippen molar-refractivity contribution in [2.45, 2.75) is 64.6 Å². The molecule has 1 aliphatic rings. The standard InChI is InChI=1S/C35H45N5O2/c1-3-22-37(23-4-2)24-13-25-39-31-18-11-12-19-32(31)40(35(39)42)30-20-26-38(27-21-30)34(41)36-33(28-14-7-5-8-15-28)29-16-9-6-10-17-29/h5-12,14-19,30,33H,3-4,13,20-27H2,1-2H3,(H,36,41). The maximum atomic E-state index is 13.8. The number of nitrogens with zero attached hydrogens (tertiary/aromatic N) is 4. The summed E-state index contributed by atoms with van der Waals surface area (Å²) in [6, 6.07) is 28.2. The van der Waals surface area contributed by atoms with Crippen LogP contribution < -0.4 is 11.0 Å². The molecule has 1 N–H and O–H groups in total. The minimum Gasteiger partial charge on any atom is -0.327 e. The number of aryl methyl sites for hydroxylation is 1. The number of likely N-dealkylation sites (tertiary alicyclic amines) is 1. The molecule has 1 aromatic heterocycles. The number of carbonyl (C=O) groups is 1. The Hall–Kier alpha value is -3.84. The van der Waals surface area contributed by atoms with Crippen LogP contribution in [-0.2, 0) is 6.54 Å². The Bertz CT molecular complexity index is 1430. The van der Waals surface area contributed by atoms with Gasteiger partial charge in [-0.25, -0.2) is 9.59 Å². The molecular formula is C35H45N5O2. The maximum absolute atomic E-state index is 13.8. The Kier molecular flexibility index (Phi) is 10.1. The Labute approximate surface area is 249 Å². The third kappa shape index (κ3) is 6.79. The van der Waals surface area contributed by atoms with Crippen molar-refractivity contribution in [2.24, 2.45) is 0 Å². The Balaban J connectivity index is 1.27. The first-order chi connectivity index (χ1) is 20.6. The van der Waals surface area contributed by atoms with Crippen LogP contribution in [0, 0.1) is 0 Å². The molecule has 0 bridgehead atoms. The average Bonchev–Trinajstić information content (AvgIpc) is 3.31. The second-order valence-electron chi connectivity index (χ2n) is 11.4. The van der Waals surface area contributed by atoms with Gasteiger partial charge in [0.1, 0.15) is 0 Å². The van der Waals surface area contributed by atoms with Crippen molar-refractivity contribution in [3.63, 3.8) is 0 Å². The lowest BCUT2D eigenvalue weighted by Gasteiger charge is -2.34. The molecule has 1 fully saturated rings. The molecule has 7 nitrogen and oxygen atoms in total. The number of carbonyl (C=O) groups excluding carboxylic acids is 1. The fraction of sp³-hybridized carbons (Fsp3) is 0.429. The van der Waals surface area contributed by atoms with Crippen molar-refractivity contribution in [3.8, 4) is 0 Å². The number of amides is 2. The van der Waals surface area contributed by atoms with E-state index < -0.39 is 0 Å². The fourth-order valence-electron chi connectivity index (χ4n) is 6.41. The van der Waals surface area contributed by atoms with Crippen molar-refractivity contribution in [1.82, 2.24) is 24.3 Å². The highest BCUT2D eigenvalue weighted by atomic mass is 16.2. The summed E-state index contributed by atoms with van der Waals surface area (Å²) in [7, 11) is 0. The van der Waals surface area contributed by atoms with E-state index in [4.69, 9.17) is 0 Å². The number of benzene rings is 3. The van der Waals surface area contributed by atoms with Crippen LogP contribution in [0.2, 0.25) is 0 Å². The summed E-state index contributed by atoms with van der Waals surface area (Å²) in [5, 5.41) is 3.28. The van der Waals surface area contributed by atoms with Crippen LogP contribution in [0.25, 0.3) is 11.0 Å². The number of hydrogen-bond donors (Lipinski definition) is 1. The molecule has 0 unspecified atom stereocenters. The molecule has 2 amide bonds. The number of nitrogens with one attached hydrogen (secondary N) is 1. The van der Waals surface area contributed by atoms with Gasteiger partial charge >= 0.3 is 11.7 Å². The van der Waals surface area contributed by atoms with Gasteiger partial charge in [-0.3, -0.25) is 9.13 Å². The first-order valence-electron chi connectivity index (χ1n) is 15.7. The van der Waals surface area contributed by atoms with Gasteiger partial charge in [-0.05, 0) is 75.0 Å². The van der Waals surface area contributed by atoms with Crippen LogP contribution in [0.1, 0.15) is 69.2 Å². The molecule has 1 aliphatic heterocycles. The van der Waals surface area contributed by atoms with E-state index in [0.717, 1.165) is 80.4 Å². The smallest absolute Gasteiger partial charge is 0.327 e. The van der Waals surface area contributed by atoms with E-state index in [9.17, 15) is 9.59 Å². The molecule has 5 rings (SSSR count). The zero-order chi connectivity index (χ0) is 29.3. The number of para-hydroxylation sites is 2. The average molecular weight is 568 g/mol. The predicted octanol–water partition coefficient (Wildman–Crippen LogP) is 6.45. The molecule has 1 saturated heterocycles. The Morgan fingerprint density at radius 2 is 1.36 bits per heavy atom. The molecular weight excluding hydrogens is 522 g/mol. The molecule has 4 aromatic rings. The van der Waals surface area contributed by atoms with Crippen LogP contribution in [0.15, 0.2) is 89.7 Å². The maximum Gasteiger partial charge on any atom is 0.329 e. The van der Waals surface area contributed by atoms with Gasteiger partial charge in [0.05, 0.1) is 17.1 Å². The largest absolute Gasteiger partial charge is 0.329 e. The number of imidazole rings is 1. The number of fused-ring (bicyclic) bond motifs is 1. The highest BCUT2D eigenvalue weighted by molar-refractivity contribution is 5.77. The highest BCUT2D eigenvalue weighted by Gasteiger charge is 2.28. The number of rotatable bonds is 12. The second kappa shape index (κ2) is 14.4. The lowest BCUT2D eigenvalue weighted by atomic mass is 9.99. The summed E-state index contributed by atoms with van der Waals surface area (Å²) < 4.78 is 3.96. The van der Waals surface area contributed by atoms with Crippen LogP contribution in [0.3, 0.4) is 0 Å². The van der Waals surface area contributed by atoms with Gasteiger partial charge in [0.25, 0.3) is 0 Å². The van der Waals surface area contributed by atoms with Crippen molar-refractivity contribution in [1.29, 1.82) is 0 Å². The number of hydrogen-bond acceptors (Lipinski definition) is 3. The monoisotopic (exact) mass is 567 g/mol. The summed E-state index contributed by atoms with van der Waals surface area (Å²) in [5.74, 6) is 0. The SMILES string of the molecule is CCCN(CCC)CCCn1c(=O)n(C2CCN(C(=O)NC(c3ccccc3)c3ccccc3)CC2)c2ccccc21. The van der Waals surface area contributed by atoms with Gasteiger partial charge in [0.15, 0.2) is 0 Å². The molecule has 2 heterocycles. The van der Waals surface area contributed by atoms with Crippen molar-refractivity contribution in [3.05, 3.63) is 107 Å². The lowest BCUT2D eigenvalue weighted by molar-refractivity contribution is 0.169. The first kappa shape index (κ1) is 29.6. The van der Waals surface area contributed by atoms with Crippen LogP contribution in [0.5, 0.6) is 0 Å². The number of aromatic nitrogens is 2. The molecule has 7 heteroatoms. The predicted molar refractivity (Wildman–Crippen MR) is 171 cm³/mol. The second-order valence-corrected chi connectivity index (χ2v) is 11.4. The molecule has 0 radical (unpaired) electrons. The third-order valence-corrected chi connectivity index (χ3v) is 8.46. The van der Waals surface area contributed by atoms with Crippen molar-refractivity contribution in [2.75, 3.05) is 32.7 Å². The highest BCUT2D eigenvalue weighted by Crippen LogP contribution is 2.27. The van der Waals surface area contributed by atoms with Gasteiger partial charge in [0, 0.05) is 25.7 Å². The van der Waals surface area contributed by atoms with E-state index in [-0.39, 0.29) is 23.8 Å². The summed E-state index contributed by atoms with van der Waals surface area (Å²) in [4.78, 5) is 31.7. The van der Waals surface area contributed by atoms with E-state index in [1.54, 1.807) is 0 Å². The van der Waals surface area contributed by atoms with Gasteiger partial charge < -0.3 is 15.1 Å². The molecule has 0 atom stereocenters. The molecule has 222 valence electrons. The van der Waals surface area contributed by atoms with E-state index in [1.165, 1.54) is 0 Å². The van der Waals surface area contributed by atoms with Crippen LogP contribution >= 0.6 is 0 Å². The molecule has 0 spiro atoms. The van der Waals surface area contributed by atoms with Crippen LogP contribution in [0.4, 0.5) is 4.79 Å². The van der Waals surface area contributed by atoms with E-state index in [1.807, 2.05) is 62.6 Å². The summed E-state index contributed by atoms with van der Waals surface area (Å²) in [6.45, 7) is 9.61. The molecule has 0 aliphatic carbocycles. The Morgan fingerprint density at radius 1 is 0.810 bits per heavy atom. The molecule has 42 heavy (non-hydrogen) atoms. The van der Waals surface area contributed by atoms with Gasteiger partial charge in [-0.15, -0.1) is 0 Å². The van der Waals surface area contributed by atoms with Gasteiger partial charge in [0.2, 0.25) is 0 Å². The van der Waals surface area contributed by atoms with E-state index in [2.05, 4.69) is 60.5 Å². The first-order valence-corrected chi connectivity index (χ1v) is 15.7. The van der Waals surface area contributed by atoms with Crippen LogP contribution in [-0.4, -0.2) is 57.7 Å². The zero-order valence-corrected chi connectivity index (χ0v) is 25.1. The van der Waals surface area contributed by atoms with Crippen molar-refractivity contribution < 1.29 is 4.79 Å². The zero-order valence-electron chi connectivity index (χ0n) is 25.1.